The lowest BCUT2D eigenvalue weighted by Crippen LogP contribution is -2.32. The van der Waals surface area contributed by atoms with Crippen LogP contribution in [-0.2, 0) is 6.54 Å². The first-order valence-electron chi connectivity index (χ1n) is 5.53. The Balaban J connectivity index is 2.07. The van der Waals surface area contributed by atoms with Gasteiger partial charge in [0.15, 0.2) is 5.82 Å². The lowest BCUT2D eigenvalue weighted by atomic mass is 10.4. The van der Waals surface area contributed by atoms with E-state index in [4.69, 9.17) is 5.73 Å². The molecule has 9 heteroatoms. The van der Waals surface area contributed by atoms with Gasteiger partial charge >= 0.3 is 5.69 Å². The molecular weight excluding hydrogens is 285 g/mol. The van der Waals surface area contributed by atoms with E-state index in [9.17, 15) is 14.0 Å². The SMILES string of the molecule is Nc1nc(Cn2cc(F)c(=O)[nH]c2=O)nc2sccc12. The minimum Gasteiger partial charge on any atom is -0.383 e. The van der Waals surface area contributed by atoms with Crippen molar-refractivity contribution in [3.8, 4) is 0 Å². The second kappa shape index (κ2) is 4.53. The van der Waals surface area contributed by atoms with Crippen molar-refractivity contribution in [2.24, 2.45) is 0 Å². The summed E-state index contributed by atoms with van der Waals surface area (Å²) in [5.41, 5.74) is 4.00. The Morgan fingerprint density at radius 2 is 2.20 bits per heavy atom. The standard InChI is InChI=1S/C11H8FN5O2S/c12-6-3-17(11(19)16-9(6)18)4-7-14-8(13)5-1-2-20-10(5)15-7/h1-3H,4H2,(H2,13,14,15)(H,16,18,19). The van der Waals surface area contributed by atoms with Gasteiger partial charge in [0.1, 0.15) is 10.6 Å². The van der Waals surface area contributed by atoms with Crippen LogP contribution in [0.2, 0.25) is 0 Å². The molecule has 7 nitrogen and oxygen atoms in total. The molecule has 102 valence electrons. The van der Waals surface area contributed by atoms with Crippen LogP contribution < -0.4 is 17.0 Å². The third-order valence-corrected chi connectivity index (χ3v) is 3.49. The molecule has 0 aromatic carbocycles. The molecule has 0 radical (unpaired) electrons. The summed E-state index contributed by atoms with van der Waals surface area (Å²) in [6.07, 6.45) is 0.819. The van der Waals surface area contributed by atoms with Crippen molar-refractivity contribution in [3.63, 3.8) is 0 Å². The molecule has 0 fully saturated rings. The molecule has 0 aliphatic rings. The zero-order chi connectivity index (χ0) is 14.3. The van der Waals surface area contributed by atoms with Crippen molar-refractivity contribution >= 4 is 27.4 Å². The van der Waals surface area contributed by atoms with E-state index in [1.807, 2.05) is 10.4 Å². The number of thiophene rings is 1. The maximum atomic E-state index is 13.2. The van der Waals surface area contributed by atoms with Gasteiger partial charge < -0.3 is 5.73 Å². The Morgan fingerprint density at radius 3 is 3.00 bits per heavy atom. The van der Waals surface area contributed by atoms with Crippen molar-refractivity contribution in [2.75, 3.05) is 5.73 Å². The average molecular weight is 293 g/mol. The van der Waals surface area contributed by atoms with E-state index in [0.717, 1.165) is 16.2 Å². The van der Waals surface area contributed by atoms with Crippen LogP contribution in [0.1, 0.15) is 5.82 Å². The summed E-state index contributed by atoms with van der Waals surface area (Å²) in [7, 11) is 0. The molecule has 0 bridgehead atoms. The molecule has 0 saturated heterocycles. The second-order valence-electron chi connectivity index (χ2n) is 4.03. The molecular formula is C11H8FN5O2S. The quantitative estimate of drug-likeness (QED) is 0.707. The number of H-pyrrole nitrogens is 1. The Bertz CT molecular complexity index is 913. The molecule has 3 aromatic rings. The van der Waals surface area contributed by atoms with Gasteiger partial charge in [-0.3, -0.25) is 14.3 Å². The second-order valence-corrected chi connectivity index (χ2v) is 4.92. The first kappa shape index (κ1) is 12.5. The number of nitrogens with zero attached hydrogens (tertiary/aromatic N) is 3. The lowest BCUT2D eigenvalue weighted by molar-refractivity contribution is 0.562. The maximum Gasteiger partial charge on any atom is 0.328 e. The van der Waals surface area contributed by atoms with E-state index in [2.05, 4.69) is 9.97 Å². The molecule has 3 heterocycles. The number of nitrogen functional groups attached to an aromatic ring is 1. The van der Waals surface area contributed by atoms with Crippen LogP contribution >= 0.6 is 11.3 Å². The number of hydrogen-bond acceptors (Lipinski definition) is 6. The molecule has 0 amide bonds. The molecule has 0 aliphatic carbocycles. The highest BCUT2D eigenvalue weighted by Gasteiger charge is 2.09. The molecule has 3 aromatic heterocycles. The molecule has 0 aliphatic heterocycles. The van der Waals surface area contributed by atoms with E-state index in [0.29, 0.717) is 10.6 Å². The highest BCUT2D eigenvalue weighted by Crippen LogP contribution is 2.22. The van der Waals surface area contributed by atoms with Gasteiger partial charge in [0.2, 0.25) is 5.82 Å². The van der Waals surface area contributed by atoms with Crippen molar-refractivity contribution in [2.45, 2.75) is 6.54 Å². The van der Waals surface area contributed by atoms with Crippen LogP contribution in [0.4, 0.5) is 10.2 Å². The van der Waals surface area contributed by atoms with Crippen LogP contribution in [0, 0.1) is 5.82 Å². The number of nitrogens with one attached hydrogen (secondary N) is 1. The molecule has 3 N–H and O–H groups in total. The van der Waals surface area contributed by atoms with Crippen LogP contribution in [-0.4, -0.2) is 19.5 Å². The Hall–Kier alpha value is -2.55. The van der Waals surface area contributed by atoms with E-state index in [1.165, 1.54) is 11.3 Å². The normalized spacial score (nSPS) is 11.1. The van der Waals surface area contributed by atoms with Crippen molar-refractivity contribution in [1.82, 2.24) is 19.5 Å². The molecule has 0 unspecified atom stereocenters. The molecule has 0 saturated carbocycles. The highest BCUT2D eigenvalue weighted by atomic mass is 32.1. The first-order valence-corrected chi connectivity index (χ1v) is 6.41. The predicted octanol–water partition coefficient (Wildman–Crippen LogP) is 0.311. The summed E-state index contributed by atoms with van der Waals surface area (Å²) < 4.78 is 14.2. The van der Waals surface area contributed by atoms with Crippen molar-refractivity contribution in [1.29, 1.82) is 0 Å². The number of rotatable bonds is 2. The van der Waals surface area contributed by atoms with Gasteiger partial charge in [0.05, 0.1) is 18.1 Å². The van der Waals surface area contributed by atoms with Gasteiger partial charge in [0.25, 0.3) is 5.56 Å². The summed E-state index contributed by atoms with van der Waals surface area (Å²) in [5, 5.41) is 2.56. The lowest BCUT2D eigenvalue weighted by Gasteiger charge is -2.05. The smallest absolute Gasteiger partial charge is 0.328 e. The Morgan fingerprint density at radius 1 is 1.40 bits per heavy atom. The topological polar surface area (TPSA) is 107 Å². The first-order chi connectivity index (χ1) is 9.54. The van der Waals surface area contributed by atoms with E-state index < -0.39 is 17.1 Å². The number of aromatic amines is 1. The Kier molecular flexibility index (Phi) is 2.83. The number of halogens is 1. The maximum absolute atomic E-state index is 13.2. The summed E-state index contributed by atoms with van der Waals surface area (Å²) in [6.45, 7) is -0.0788. The number of fused-ring (bicyclic) bond motifs is 1. The van der Waals surface area contributed by atoms with Crippen molar-refractivity contribution in [3.05, 3.63) is 50.1 Å². The zero-order valence-corrected chi connectivity index (χ0v) is 10.8. The summed E-state index contributed by atoms with van der Waals surface area (Å²) in [6, 6.07) is 1.80. The molecule has 0 atom stereocenters. The van der Waals surface area contributed by atoms with E-state index in [-0.39, 0.29) is 12.4 Å². The van der Waals surface area contributed by atoms with Crippen LogP contribution in [0.25, 0.3) is 10.2 Å². The van der Waals surface area contributed by atoms with Gasteiger partial charge in [-0.05, 0) is 11.4 Å². The van der Waals surface area contributed by atoms with Gasteiger partial charge in [-0.25, -0.2) is 14.8 Å². The third kappa shape index (κ3) is 2.07. The molecule has 0 spiro atoms. The van der Waals surface area contributed by atoms with Crippen LogP contribution in [0.5, 0.6) is 0 Å². The third-order valence-electron chi connectivity index (χ3n) is 2.68. The fraction of sp³-hybridized carbons (Fsp3) is 0.0909. The van der Waals surface area contributed by atoms with Gasteiger partial charge in [-0.2, -0.15) is 4.39 Å². The number of aromatic nitrogens is 4. The predicted molar refractivity (Wildman–Crippen MR) is 72.2 cm³/mol. The zero-order valence-electron chi connectivity index (χ0n) is 9.96. The van der Waals surface area contributed by atoms with Gasteiger partial charge in [-0.15, -0.1) is 11.3 Å². The van der Waals surface area contributed by atoms with Crippen molar-refractivity contribution < 1.29 is 4.39 Å². The number of anilines is 1. The Labute approximate surface area is 114 Å². The van der Waals surface area contributed by atoms with Crippen LogP contribution in [0.3, 0.4) is 0 Å². The average Bonchev–Trinajstić information content (AvgIpc) is 2.85. The summed E-state index contributed by atoms with van der Waals surface area (Å²) in [5.74, 6) is -0.482. The minimum atomic E-state index is -1.06. The summed E-state index contributed by atoms with van der Waals surface area (Å²) in [4.78, 5) is 33.3. The van der Waals surface area contributed by atoms with Gasteiger partial charge in [-0.1, -0.05) is 0 Å². The van der Waals surface area contributed by atoms with E-state index >= 15 is 0 Å². The number of nitrogens with two attached hydrogens (primary N) is 1. The summed E-state index contributed by atoms with van der Waals surface area (Å²) >= 11 is 1.39. The fourth-order valence-electron chi connectivity index (χ4n) is 1.75. The molecule has 20 heavy (non-hydrogen) atoms. The highest BCUT2D eigenvalue weighted by molar-refractivity contribution is 7.16. The number of hydrogen-bond donors (Lipinski definition) is 2. The molecule has 3 rings (SSSR count). The monoisotopic (exact) mass is 293 g/mol. The fourth-order valence-corrected chi connectivity index (χ4v) is 2.54. The van der Waals surface area contributed by atoms with E-state index in [1.54, 1.807) is 6.07 Å². The largest absolute Gasteiger partial charge is 0.383 e. The minimum absolute atomic E-state index is 0.0788. The van der Waals surface area contributed by atoms with Gasteiger partial charge in [0, 0.05) is 0 Å². The van der Waals surface area contributed by atoms with Crippen LogP contribution in [0.15, 0.2) is 27.2 Å².